The molecule has 1 aromatic heterocycles. The van der Waals surface area contributed by atoms with Crippen LogP contribution in [0.25, 0.3) is 10.9 Å². The maximum Gasteiger partial charge on any atom is 0.355 e. The van der Waals surface area contributed by atoms with Crippen molar-refractivity contribution in [2.45, 2.75) is 25.7 Å². The summed E-state index contributed by atoms with van der Waals surface area (Å²) in [5.41, 5.74) is 2.96. The largest absolute Gasteiger partial charge is 0.461 e. The molecule has 3 rings (SSSR count). The van der Waals surface area contributed by atoms with Gasteiger partial charge in [-0.05, 0) is 66.0 Å². The van der Waals surface area contributed by atoms with Crippen LogP contribution in [0.2, 0.25) is 0 Å². The van der Waals surface area contributed by atoms with E-state index in [2.05, 4.69) is 45.8 Å². The van der Waals surface area contributed by atoms with E-state index in [0.717, 1.165) is 20.4 Å². The van der Waals surface area contributed by atoms with Gasteiger partial charge in [0, 0.05) is 10.9 Å². The third kappa shape index (κ3) is 2.02. The van der Waals surface area contributed by atoms with Crippen molar-refractivity contribution in [3.8, 4) is 0 Å². The van der Waals surface area contributed by atoms with Gasteiger partial charge >= 0.3 is 5.97 Å². The van der Waals surface area contributed by atoms with E-state index in [9.17, 15) is 4.79 Å². The van der Waals surface area contributed by atoms with E-state index in [1.165, 1.54) is 18.4 Å². The van der Waals surface area contributed by atoms with Gasteiger partial charge in [-0.3, -0.25) is 0 Å². The fraction of sp³-hybridized carbons (Fsp3) is 0.357. The Morgan fingerprint density at radius 3 is 2.94 bits per heavy atom. The summed E-state index contributed by atoms with van der Waals surface area (Å²) in [7, 11) is 0. The molecule has 0 aliphatic heterocycles. The fourth-order valence-corrected chi connectivity index (χ4v) is 2.99. The van der Waals surface area contributed by atoms with Crippen molar-refractivity contribution in [2.75, 3.05) is 6.61 Å². The van der Waals surface area contributed by atoms with Gasteiger partial charge in [-0.2, -0.15) is 0 Å². The van der Waals surface area contributed by atoms with Crippen LogP contribution in [-0.4, -0.2) is 17.6 Å². The molecule has 4 heteroatoms. The van der Waals surface area contributed by atoms with E-state index in [4.69, 9.17) is 4.74 Å². The number of ether oxygens (including phenoxy) is 1. The molecule has 94 valence electrons. The molecule has 0 atom stereocenters. The lowest BCUT2D eigenvalue weighted by Crippen LogP contribution is -2.06. The highest BCUT2D eigenvalue weighted by Gasteiger charge is 2.25. The Kier molecular flexibility index (Phi) is 3.05. The lowest BCUT2D eigenvalue weighted by Gasteiger charge is -1.99. The maximum atomic E-state index is 11.8. The number of esters is 1. The molecule has 2 aromatic rings. The molecule has 1 aromatic carbocycles. The predicted molar refractivity (Wildman–Crippen MR) is 78.9 cm³/mol. The number of halogens is 1. The van der Waals surface area contributed by atoms with E-state index in [-0.39, 0.29) is 5.97 Å². The Bertz CT molecular complexity index is 614. The van der Waals surface area contributed by atoms with E-state index in [0.29, 0.717) is 12.3 Å². The smallest absolute Gasteiger partial charge is 0.355 e. The van der Waals surface area contributed by atoms with Gasteiger partial charge in [0.05, 0.1) is 10.2 Å². The number of hydrogen-bond donors (Lipinski definition) is 1. The second-order valence-electron chi connectivity index (χ2n) is 4.61. The molecule has 1 N–H and O–H groups in total. The van der Waals surface area contributed by atoms with Gasteiger partial charge in [-0.1, -0.05) is 6.07 Å². The molecule has 0 unspecified atom stereocenters. The van der Waals surface area contributed by atoms with Crippen molar-refractivity contribution in [2.24, 2.45) is 0 Å². The van der Waals surface area contributed by atoms with Crippen LogP contribution in [0.3, 0.4) is 0 Å². The Morgan fingerprint density at radius 2 is 2.28 bits per heavy atom. The number of aromatic amines is 1. The summed E-state index contributed by atoms with van der Waals surface area (Å²) in [5, 5.41) is 1.13. The highest BCUT2D eigenvalue weighted by Crippen LogP contribution is 2.41. The molecule has 0 amide bonds. The number of aromatic nitrogens is 1. The summed E-state index contributed by atoms with van der Waals surface area (Å²) < 4.78 is 6.01. The minimum atomic E-state index is -0.272. The normalized spacial score (nSPS) is 15.0. The number of fused-ring (bicyclic) bond motifs is 1. The van der Waals surface area contributed by atoms with Crippen LogP contribution in [0.5, 0.6) is 0 Å². The fourth-order valence-electron chi connectivity index (χ4n) is 2.19. The zero-order valence-corrected chi connectivity index (χ0v) is 12.3. The zero-order valence-electron chi connectivity index (χ0n) is 10.1. The minimum absolute atomic E-state index is 0.272. The van der Waals surface area contributed by atoms with Crippen LogP contribution >= 0.6 is 22.6 Å². The number of benzene rings is 1. The Morgan fingerprint density at radius 1 is 1.50 bits per heavy atom. The van der Waals surface area contributed by atoms with Crippen molar-refractivity contribution in [1.29, 1.82) is 0 Å². The van der Waals surface area contributed by atoms with Crippen molar-refractivity contribution >= 4 is 39.5 Å². The first-order valence-electron chi connectivity index (χ1n) is 6.19. The molecule has 1 aliphatic rings. The van der Waals surface area contributed by atoms with E-state index < -0.39 is 0 Å². The average molecular weight is 355 g/mol. The number of rotatable bonds is 3. The predicted octanol–water partition coefficient (Wildman–Crippen LogP) is 3.83. The molecule has 1 saturated carbocycles. The first-order chi connectivity index (χ1) is 8.70. The number of carbonyl (C=O) groups excluding carboxylic acids is 1. The highest BCUT2D eigenvalue weighted by atomic mass is 127. The van der Waals surface area contributed by atoms with Gasteiger partial charge in [-0.25, -0.2) is 4.79 Å². The molecule has 0 radical (unpaired) electrons. The number of H-pyrrole nitrogens is 1. The summed E-state index contributed by atoms with van der Waals surface area (Å²) in [5.74, 6) is 0.456. The Labute approximate surface area is 119 Å². The number of carbonyl (C=O) groups is 1. The van der Waals surface area contributed by atoms with Crippen LogP contribution in [-0.2, 0) is 4.74 Å². The topological polar surface area (TPSA) is 42.1 Å². The van der Waals surface area contributed by atoms with Crippen LogP contribution in [0.4, 0.5) is 0 Å². The highest BCUT2D eigenvalue weighted by molar-refractivity contribution is 14.1. The van der Waals surface area contributed by atoms with E-state index >= 15 is 0 Å². The number of nitrogens with one attached hydrogen (secondary N) is 1. The van der Waals surface area contributed by atoms with E-state index in [1.54, 1.807) is 0 Å². The van der Waals surface area contributed by atoms with Gasteiger partial charge in [0.15, 0.2) is 0 Å². The average Bonchev–Trinajstić information content (AvgIpc) is 3.15. The number of hydrogen-bond acceptors (Lipinski definition) is 2. The van der Waals surface area contributed by atoms with Crippen LogP contribution < -0.4 is 0 Å². The van der Waals surface area contributed by atoms with E-state index in [1.807, 2.05) is 6.92 Å². The summed E-state index contributed by atoms with van der Waals surface area (Å²) >= 11 is 2.22. The molecule has 1 fully saturated rings. The first kappa shape index (κ1) is 12.0. The first-order valence-corrected chi connectivity index (χ1v) is 7.26. The van der Waals surface area contributed by atoms with Crippen molar-refractivity contribution in [3.63, 3.8) is 0 Å². The summed E-state index contributed by atoms with van der Waals surface area (Å²) in [6.45, 7) is 2.22. The van der Waals surface area contributed by atoms with Gasteiger partial charge in [0.25, 0.3) is 0 Å². The lowest BCUT2D eigenvalue weighted by molar-refractivity contribution is 0.0519. The summed E-state index contributed by atoms with van der Waals surface area (Å²) in [4.78, 5) is 15.0. The molecule has 1 heterocycles. The summed E-state index contributed by atoms with van der Waals surface area (Å²) in [6, 6.07) is 6.42. The SMILES string of the molecule is CCOC(=O)c1[nH]c2ccc(C3CC3)cc2c1I. The van der Waals surface area contributed by atoms with Crippen molar-refractivity contribution in [3.05, 3.63) is 33.0 Å². The quantitative estimate of drug-likeness (QED) is 0.672. The molecule has 1 aliphatic carbocycles. The Balaban J connectivity index is 2.06. The van der Waals surface area contributed by atoms with Gasteiger partial charge in [0.2, 0.25) is 0 Å². The van der Waals surface area contributed by atoms with Crippen molar-refractivity contribution < 1.29 is 9.53 Å². The standard InChI is InChI=1S/C14H14INO2/c1-2-18-14(17)13-12(15)10-7-9(8-3-4-8)5-6-11(10)16-13/h5-8,16H,2-4H2,1H3. The second-order valence-corrected chi connectivity index (χ2v) is 5.69. The molecule has 0 spiro atoms. The molecule has 18 heavy (non-hydrogen) atoms. The lowest BCUT2D eigenvalue weighted by atomic mass is 10.1. The molecule has 0 bridgehead atoms. The maximum absolute atomic E-state index is 11.8. The third-order valence-electron chi connectivity index (χ3n) is 3.29. The van der Waals surface area contributed by atoms with Crippen LogP contribution in [0, 0.1) is 3.57 Å². The molecular weight excluding hydrogens is 341 g/mol. The molecule has 3 nitrogen and oxygen atoms in total. The Hall–Kier alpha value is -1.04. The van der Waals surface area contributed by atoms with Crippen LogP contribution in [0.15, 0.2) is 18.2 Å². The zero-order chi connectivity index (χ0) is 12.7. The second kappa shape index (κ2) is 4.57. The minimum Gasteiger partial charge on any atom is -0.461 e. The van der Waals surface area contributed by atoms with Crippen LogP contribution in [0.1, 0.15) is 41.7 Å². The van der Waals surface area contributed by atoms with Crippen molar-refractivity contribution in [1.82, 2.24) is 4.98 Å². The van der Waals surface area contributed by atoms with Gasteiger partial charge in [-0.15, -0.1) is 0 Å². The van der Waals surface area contributed by atoms with Gasteiger partial charge in [0.1, 0.15) is 5.69 Å². The summed E-state index contributed by atoms with van der Waals surface area (Å²) in [6.07, 6.45) is 2.58. The van der Waals surface area contributed by atoms with Gasteiger partial charge < -0.3 is 9.72 Å². The molecular formula is C14H14INO2. The third-order valence-corrected chi connectivity index (χ3v) is 4.41. The molecule has 0 saturated heterocycles. The monoisotopic (exact) mass is 355 g/mol.